The summed E-state index contributed by atoms with van der Waals surface area (Å²) in [4.78, 5) is 2.26. The van der Waals surface area contributed by atoms with Crippen LogP contribution in [0.4, 0.5) is 0 Å². The summed E-state index contributed by atoms with van der Waals surface area (Å²) in [5.41, 5.74) is 0. The second-order valence-electron chi connectivity index (χ2n) is 2.88. The fourth-order valence-corrected chi connectivity index (χ4v) is 1.11. The molecular weight excluding hydrogens is 298 g/mol. The first-order valence-corrected chi connectivity index (χ1v) is 3.48. The van der Waals surface area contributed by atoms with Crippen LogP contribution >= 0.6 is 0 Å². The van der Waals surface area contributed by atoms with Crippen LogP contribution in [0.3, 0.4) is 0 Å². The predicted molar refractivity (Wildman–Crippen MR) is 36.5 cm³/mol. The van der Waals surface area contributed by atoms with Crippen LogP contribution in [0.25, 0.3) is 0 Å². The summed E-state index contributed by atoms with van der Waals surface area (Å²) in [6, 6.07) is 0.578. The van der Waals surface area contributed by atoms with Crippen LogP contribution in [0.1, 0.15) is 20.3 Å². The summed E-state index contributed by atoms with van der Waals surface area (Å²) in [5, 5.41) is 9.02. The van der Waals surface area contributed by atoms with E-state index in [1.54, 1.807) is 0 Å². The third kappa shape index (κ3) is 2.69. The van der Waals surface area contributed by atoms with E-state index in [0.29, 0.717) is 12.1 Å². The smallest absolute Gasteiger partial charge is 0.000993 e. The molecule has 0 saturated carbocycles. The van der Waals surface area contributed by atoms with Gasteiger partial charge in [0.05, 0.1) is 0 Å². The van der Waals surface area contributed by atoms with Crippen LogP contribution in [0.2, 0.25) is 0 Å². The number of hydrogen-bond donors (Lipinski definition) is 1. The van der Waals surface area contributed by atoms with E-state index in [9.17, 15) is 0 Å². The van der Waals surface area contributed by atoms with E-state index in [1.807, 2.05) is 0 Å². The van der Waals surface area contributed by atoms with Gasteiger partial charge in [0.2, 0.25) is 0 Å². The molecule has 1 aliphatic rings. The fourth-order valence-electron chi connectivity index (χ4n) is 1.11. The van der Waals surface area contributed by atoms with Crippen molar-refractivity contribution < 1.29 is 26.2 Å². The number of aliphatic hydroxyl groups is 1. The van der Waals surface area contributed by atoms with E-state index in [-0.39, 0.29) is 21.1 Å². The zero-order valence-corrected chi connectivity index (χ0v) is 9.43. The van der Waals surface area contributed by atoms with Gasteiger partial charge in [-0.15, -0.1) is 13.0 Å². The van der Waals surface area contributed by atoms with Crippen molar-refractivity contribution in [1.29, 1.82) is 0 Å². The van der Waals surface area contributed by atoms with Crippen molar-refractivity contribution in [2.75, 3.05) is 13.1 Å². The topological polar surface area (TPSA) is 23.5 Å². The monoisotopic (exact) mass is 312 g/mol. The van der Waals surface area contributed by atoms with Crippen molar-refractivity contribution in [3.63, 3.8) is 0 Å². The Morgan fingerprint density at radius 3 is 2.30 bits per heavy atom. The fraction of sp³-hybridized carbons (Fsp3) is 0.857. The number of rotatable bonds is 1. The van der Waals surface area contributed by atoms with Gasteiger partial charge in [-0.1, -0.05) is 0 Å². The molecule has 0 aromatic heterocycles. The van der Waals surface area contributed by atoms with E-state index in [0.717, 1.165) is 19.5 Å². The zero-order valence-electron chi connectivity index (χ0n) is 6.50. The van der Waals surface area contributed by atoms with Gasteiger partial charge < -0.3 is 10.0 Å². The molecule has 3 heteroatoms. The summed E-state index contributed by atoms with van der Waals surface area (Å²) in [7, 11) is 0. The van der Waals surface area contributed by atoms with E-state index < -0.39 is 0 Å². The van der Waals surface area contributed by atoms with Crippen molar-refractivity contribution in [2.24, 2.45) is 0 Å². The maximum Gasteiger partial charge on any atom is 0.000993 e. The van der Waals surface area contributed by atoms with E-state index >= 15 is 0 Å². The molecule has 0 radical (unpaired) electrons. The number of hydrogen-bond acceptors (Lipinski definition) is 2. The molecule has 1 saturated heterocycles. The van der Waals surface area contributed by atoms with Crippen molar-refractivity contribution in [3.05, 3.63) is 6.10 Å². The van der Waals surface area contributed by atoms with Crippen molar-refractivity contribution in [2.45, 2.75) is 26.3 Å². The molecule has 0 spiro atoms. The van der Waals surface area contributed by atoms with E-state index in [4.69, 9.17) is 5.11 Å². The molecule has 1 aliphatic heterocycles. The first kappa shape index (κ1) is 10.6. The average Bonchev–Trinajstić information content (AvgIpc) is 2.14. The Labute approximate surface area is 76.9 Å². The van der Waals surface area contributed by atoms with Gasteiger partial charge in [-0.25, -0.2) is 0 Å². The van der Waals surface area contributed by atoms with Gasteiger partial charge in [-0.05, 0) is 20.4 Å². The van der Waals surface area contributed by atoms with Crippen LogP contribution in [-0.2, 0) is 21.1 Å². The maximum atomic E-state index is 9.02. The van der Waals surface area contributed by atoms with E-state index in [1.165, 1.54) is 0 Å². The normalized spacial score (nSPS) is 21.6. The SMILES string of the molecule is CC(C)N1CC[C-](O)C1.[W]. The van der Waals surface area contributed by atoms with Gasteiger partial charge in [0.1, 0.15) is 0 Å². The first-order valence-electron chi connectivity index (χ1n) is 3.48. The zero-order chi connectivity index (χ0) is 6.85. The molecule has 0 atom stereocenters. The molecule has 1 N–H and O–H groups in total. The predicted octanol–water partition coefficient (Wildman–Crippen LogP) is 1.00. The summed E-state index contributed by atoms with van der Waals surface area (Å²) in [5.74, 6) is 0. The maximum absolute atomic E-state index is 9.02. The standard InChI is InChI=1S/C7H14NO.W/c1-6(2)8-4-3-7(9)5-8;/h6,9H,3-5H2,1-2H3;/q-1;. The van der Waals surface area contributed by atoms with Gasteiger partial charge >= 0.3 is 0 Å². The number of likely N-dealkylation sites (tertiary alicyclic amines) is 1. The van der Waals surface area contributed by atoms with Gasteiger partial charge in [0, 0.05) is 27.1 Å². The Bertz CT molecular complexity index is 97.6. The summed E-state index contributed by atoms with van der Waals surface area (Å²) in [6.45, 7) is 6.12. The molecule has 0 bridgehead atoms. The molecule has 0 amide bonds. The van der Waals surface area contributed by atoms with Gasteiger partial charge in [-0.3, -0.25) is 0 Å². The van der Waals surface area contributed by atoms with Crippen LogP contribution < -0.4 is 0 Å². The molecule has 10 heavy (non-hydrogen) atoms. The van der Waals surface area contributed by atoms with Gasteiger partial charge in [0.25, 0.3) is 0 Å². The van der Waals surface area contributed by atoms with Crippen LogP contribution in [-0.4, -0.2) is 29.1 Å². The first-order chi connectivity index (χ1) is 4.20. The van der Waals surface area contributed by atoms with E-state index in [2.05, 4.69) is 18.7 Å². The Balaban J connectivity index is 0.000000810. The largest absolute Gasteiger partial charge is 0.562 e. The second kappa shape index (κ2) is 4.48. The minimum atomic E-state index is 0. The third-order valence-corrected chi connectivity index (χ3v) is 1.80. The molecule has 0 unspecified atom stereocenters. The molecule has 0 aromatic carbocycles. The van der Waals surface area contributed by atoms with Crippen LogP contribution in [0.5, 0.6) is 0 Å². The van der Waals surface area contributed by atoms with Gasteiger partial charge in [-0.2, -0.15) is 6.10 Å². The van der Waals surface area contributed by atoms with Crippen LogP contribution in [0.15, 0.2) is 0 Å². The minimum absolute atomic E-state index is 0. The third-order valence-electron chi connectivity index (χ3n) is 1.80. The molecule has 60 valence electrons. The molecule has 0 aliphatic carbocycles. The van der Waals surface area contributed by atoms with Crippen molar-refractivity contribution in [3.8, 4) is 0 Å². The quantitative estimate of drug-likeness (QED) is 0.731. The molecule has 1 fully saturated rings. The molecule has 1 heterocycles. The molecule has 0 aromatic rings. The summed E-state index contributed by atoms with van der Waals surface area (Å²) >= 11 is 0. The second-order valence-corrected chi connectivity index (χ2v) is 2.88. The minimum Gasteiger partial charge on any atom is -0.562 e. The van der Waals surface area contributed by atoms with Gasteiger partial charge in [0.15, 0.2) is 0 Å². The molecule has 1 rings (SSSR count). The van der Waals surface area contributed by atoms with Crippen molar-refractivity contribution >= 4 is 0 Å². The summed E-state index contributed by atoms with van der Waals surface area (Å²) in [6.07, 6.45) is 1.52. The van der Waals surface area contributed by atoms with Crippen molar-refractivity contribution in [1.82, 2.24) is 4.90 Å². The Morgan fingerprint density at radius 1 is 1.50 bits per heavy atom. The molecular formula is C7H14NOW-. The summed E-state index contributed by atoms with van der Waals surface area (Å²) < 4.78 is 0. The number of aliphatic hydroxyl groups excluding tert-OH is 1. The average molecular weight is 312 g/mol. The van der Waals surface area contributed by atoms with Crippen LogP contribution in [0, 0.1) is 6.10 Å². The Morgan fingerprint density at radius 2 is 2.10 bits per heavy atom. The Hall–Kier alpha value is 0.608. The molecule has 2 nitrogen and oxygen atoms in total. The Kier molecular flexibility index (Phi) is 4.75. The number of nitrogens with zero attached hydrogens (tertiary/aromatic N) is 1.